The van der Waals surface area contributed by atoms with Gasteiger partial charge in [0.05, 0.1) is 6.21 Å². The zero-order chi connectivity index (χ0) is 10.3. The number of hydrazone groups is 1. The van der Waals surface area contributed by atoms with Crippen LogP contribution in [0.4, 0.5) is 0 Å². The number of rotatable bonds is 0. The average molecular weight is 204 g/mol. The van der Waals surface area contributed by atoms with Crippen molar-refractivity contribution in [1.82, 2.24) is 5.01 Å². The Kier molecular flexibility index (Phi) is 1.80. The van der Waals surface area contributed by atoms with Crippen LogP contribution in [0, 0.1) is 0 Å². The third-order valence-corrected chi connectivity index (χ3v) is 2.76. The van der Waals surface area contributed by atoms with Gasteiger partial charge in [-0.25, -0.2) is 0 Å². The Balaban J connectivity index is 2.13. The molecule has 3 rings (SSSR count). The molecule has 2 aliphatic rings. The Morgan fingerprint density at radius 1 is 1.33 bits per heavy atom. The van der Waals surface area contributed by atoms with Gasteiger partial charge < -0.3 is 9.47 Å². The molecule has 0 amide bonds. The summed E-state index contributed by atoms with van der Waals surface area (Å²) in [7, 11) is 1.97. The molecule has 0 spiro atoms. The molecule has 2 heterocycles. The first kappa shape index (κ1) is 8.59. The Morgan fingerprint density at radius 3 is 3.20 bits per heavy atom. The first-order chi connectivity index (χ1) is 7.34. The van der Waals surface area contributed by atoms with Crippen molar-refractivity contribution in [3.63, 3.8) is 0 Å². The molecular weight excluding hydrogens is 192 g/mol. The van der Waals surface area contributed by atoms with Crippen molar-refractivity contribution in [3.8, 4) is 11.5 Å². The highest BCUT2D eigenvalue weighted by Gasteiger charge is 2.20. The lowest BCUT2D eigenvalue weighted by Gasteiger charge is -2.08. The van der Waals surface area contributed by atoms with E-state index < -0.39 is 0 Å². The van der Waals surface area contributed by atoms with Gasteiger partial charge in [-0.05, 0) is 18.1 Å². The molecule has 0 aromatic heterocycles. The quantitative estimate of drug-likeness (QED) is 0.637. The predicted molar refractivity (Wildman–Crippen MR) is 56.5 cm³/mol. The molecule has 0 atom stereocenters. The van der Waals surface area contributed by atoms with Gasteiger partial charge in [0.2, 0.25) is 6.79 Å². The molecule has 0 N–H and O–H groups in total. The first-order valence-corrected chi connectivity index (χ1v) is 5.01. The van der Waals surface area contributed by atoms with Gasteiger partial charge in [0.15, 0.2) is 11.5 Å². The second kappa shape index (κ2) is 3.15. The van der Waals surface area contributed by atoms with E-state index in [0.29, 0.717) is 6.79 Å². The maximum Gasteiger partial charge on any atom is 0.231 e. The second-order valence-corrected chi connectivity index (χ2v) is 3.75. The van der Waals surface area contributed by atoms with Gasteiger partial charge in [-0.3, -0.25) is 5.01 Å². The normalized spacial score (nSPS) is 17.5. The third kappa shape index (κ3) is 1.33. The van der Waals surface area contributed by atoms with Crippen LogP contribution < -0.4 is 9.47 Å². The zero-order valence-corrected chi connectivity index (χ0v) is 8.56. The van der Waals surface area contributed by atoms with E-state index in [4.69, 9.17) is 9.47 Å². The maximum absolute atomic E-state index is 5.46. The van der Waals surface area contributed by atoms with Crippen LogP contribution in [0.25, 0.3) is 0 Å². The minimum absolute atomic E-state index is 0.315. The van der Waals surface area contributed by atoms with E-state index in [1.807, 2.05) is 24.3 Å². The van der Waals surface area contributed by atoms with Crippen molar-refractivity contribution in [2.45, 2.75) is 6.42 Å². The number of hydrogen-bond acceptors (Lipinski definition) is 4. The van der Waals surface area contributed by atoms with E-state index in [1.54, 1.807) is 0 Å². The van der Waals surface area contributed by atoms with Crippen LogP contribution in [0.5, 0.6) is 11.5 Å². The summed E-state index contributed by atoms with van der Waals surface area (Å²) in [6, 6.07) is 4.06. The van der Waals surface area contributed by atoms with Crippen LogP contribution in [-0.2, 0) is 6.42 Å². The van der Waals surface area contributed by atoms with Gasteiger partial charge in [-0.15, -0.1) is 0 Å². The van der Waals surface area contributed by atoms with Crippen LogP contribution >= 0.6 is 0 Å². The van der Waals surface area contributed by atoms with Gasteiger partial charge in [-0.1, -0.05) is 6.07 Å². The molecule has 0 aliphatic carbocycles. The van der Waals surface area contributed by atoms with Gasteiger partial charge in [0, 0.05) is 19.2 Å². The highest BCUT2D eigenvalue weighted by atomic mass is 16.7. The Morgan fingerprint density at radius 2 is 2.27 bits per heavy atom. The molecule has 15 heavy (non-hydrogen) atoms. The highest BCUT2D eigenvalue weighted by Crippen LogP contribution is 2.37. The van der Waals surface area contributed by atoms with Crippen molar-refractivity contribution < 1.29 is 9.47 Å². The zero-order valence-electron chi connectivity index (χ0n) is 8.56. The summed E-state index contributed by atoms with van der Waals surface area (Å²) >= 11 is 0. The predicted octanol–water partition coefficient (Wildman–Crippen LogP) is 1.24. The summed E-state index contributed by atoms with van der Waals surface area (Å²) in [4.78, 5) is 0. The van der Waals surface area contributed by atoms with Crippen LogP contribution in [0.3, 0.4) is 0 Å². The lowest BCUT2D eigenvalue weighted by atomic mass is 10.0. The molecule has 0 bridgehead atoms. The number of benzene rings is 1. The number of fused-ring (bicyclic) bond motifs is 3. The molecule has 78 valence electrons. The maximum atomic E-state index is 5.46. The minimum atomic E-state index is 0.315. The van der Waals surface area contributed by atoms with Crippen molar-refractivity contribution in [2.24, 2.45) is 5.10 Å². The topological polar surface area (TPSA) is 34.1 Å². The van der Waals surface area contributed by atoms with Crippen molar-refractivity contribution in [3.05, 3.63) is 23.3 Å². The molecule has 4 nitrogen and oxygen atoms in total. The molecular formula is C11H12N2O2. The molecule has 0 unspecified atom stereocenters. The fraction of sp³-hybridized carbons (Fsp3) is 0.364. The molecule has 2 aliphatic heterocycles. The summed E-state index contributed by atoms with van der Waals surface area (Å²) in [6.45, 7) is 1.25. The van der Waals surface area contributed by atoms with E-state index in [-0.39, 0.29) is 0 Å². The summed E-state index contributed by atoms with van der Waals surface area (Å²) < 4.78 is 10.8. The smallest absolute Gasteiger partial charge is 0.231 e. The molecule has 4 heteroatoms. The molecule has 1 aromatic rings. The molecule has 0 fully saturated rings. The Bertz CT molecular complexity index is 429. The molecule has 0 radical (unpaired) electrons. The van der Waals surface area contributed by atoms with E-state index in [9.17, 15) is 0 Å². The van der Waals surface area contributed by atoms with Crippen molar-refractivity contribution in [1.29, 1.82) is 0 Å². The number of nitrogens with zero attached hydrogens (tertiary/aromatic N) is 2. The largest absolute Gasteiger partial charge is 0.454 e. The van der Waals surface area contributed by atoms with Crippen molar-refractivity contribution in [2.75, 3.05) is 20.4 Å². The fourth-order valence-corrected chi connectivity index (χ4v) is 1.89. The molecule has 1 aromatic carbocycles. The van der Waals surface area contributed by atoms with Gasteiger partial charge in [-0.2, -0.15) is 5.10 Å². The van der Waals surface area contributed by atoms with Gasteiger partial charge in [0.1, 0.15) is 0 Å². The van der Waals surface area contributed by atoms with E-state index in [2.05, 4.69) is 11.2 Å². The van der Waals surface area contributed by atoms with Crippen LogP contribution in [0.1, 0.15) is 11.1 Å². The SMILES string of the molecule is CN1CCc2ccc3c(c2C=N1)OCO3. The van der Waals surface area contributed by atoms with Crippen LogP contribution in [-0.4, -0.2) is 31.6 Å². The first-order valence-electron chi connectivity index (χ1n) is 5.01. The summed E-state index contributed by atoms with van der Waals surface area (Å²) in [6.07, 6.45) is 2.85. The van der Waals surface area contributed by atoms with E-state index in [1.165, 1.54) is 5.56 Å². The van der Waals surface area contributed by atoms with E-state index in [0.717, 1.165) is 30.0 Å². The Hall–Kier alpha value is -1.71. The van der Waals surface area contributed by atoms with Crippen LogP contribution in [0.15, 0.2) is 17.2 Å². The molecule has 0 saturated heterocycles. The van der Waals surface area contributed by atoms with E-state index >= 15 is 0 Å². The van der Waals surface area contributed by atoms with Crippen LogP contribution in [0.2, 0.25) is 0 Å². The Labute approximate surface area is 88.1 Å². The van der Waals surface area contributed by atoms with Gasteiger partial charge in [0.25, 0.3) is 0 Å². The minimum Gasteiger partial charge on any atom is -0.454 e. The summed E-state index contributed by atoms with van der Waals surface area (Å²) in [5.74, 6) is 1.66. The number of ether oxygens (including phenoxy) is 2. The van der Waals surface area contributed by atoms with Crippen molar-refractivity contribution >= 4 is 6.21 Å². The fourth-order valence-electron chi connectivity index (χ4n) is 1.89. The van der Waals surface area contributed by atoms with Gasteiger partial charge >= 0.3 is 0 Å². The molecule has 0 saturated carbocycles. The number of hydrogen-bond donors (Lipinski definition) is 0. The third-order valence-electron chi connectivity index (χ3n) is 2.76. The number of likely N-dealkylation sites (N-methyl/N-ethyl adjacent to an activating group) is 1. The highest BCUT2D eigenvalue weighted by molar-refractivity contribution is 5.87. The summed E-state index contributed by atoms with van der Waals surface area (Å²) in [5, 5.41) is 6.25. The lowest BCUT2D eigenvalue weighted by molar-refractivity contribution is 0.174. The lowest BCUT2D eigenvalue weighted by Crippen LogP contribution is -2.12. The second-order valence-electron chi connectivity index (χ2n) is 3.75. The summed E-state index contributed by atoms with van der Waals surface area (Å²) in [5.41, 5.74) is 2.33. The standard InChI is InChI=1S/C11H12N2O2/c1-13-5-4-8-2-3-10-11(15-7-14-10)9(8)6-12-13/h2-3,6H,4-5,7H2,1H3. The monoisotopic (exact) mass is 204 g/mol. The average Bonchev–Trinajstić information content (AvgIpc) is 2.64.